The van der Waals surface area contributed by atoms with E-state index >= 15 is 0 Å². The van der Waals surface area contributed by atoms with Crippen LogP contribution < -0.4 is 4.90 Å². The Bertz CT molecular complexity index is 672. The first kappa shape index (κ1) is 15.9. The number of imidazole rings is 1. The Morgan fingerprint density at radius 3 is 2.43 bits per heavy atom. The van der Waals surface area contributed by atoms with Crippen LogP contribution in [0.2, 0.25) is 0 Å². The maximum Gasteiger partial charge on any atom is 0.240 e. The summed E-state index contributed by atoms with van der Waals surface area (Å²) < 4.78 is 2.08. The third-order valence-electron chi connectivity index (χ3n) is 4.15. The van der Waals surface area contributed by atoms with Gasteiger partial charge in [0.25, 0.3) is 0 Å². The van der Waals surface area contributed by atoms with Crippen molar-refractivity contribution in [3.05, 3.63) is 42.2 Å². The van der Waals surface area contributed by atoms with Gasteiger partial charge in [0.15, 0.2) is 0 Å². The van der Waals surface area contributed by atoms with Crippen molar-refractivity contribution in [3.8, 4) is 5.69 Å². The summed E-state index contributed by atoms with van der Waals surface area (Å²) in [5.41, 5.74) is 2.33. The predicted molar refractivity (Wildman–Crippen MR) is 92.4 cm³/mol. The molecule has 1 atom stereocenters. The molecule has 0 N–H and O–H groups in total. The Morgan fingerprint density at radius 1 is 1.17 bits per heavy atom. The SMILES string of the molecule is Cc1ccc(-n2ccnc2N2CCN(C(=O)C(C)Cl)CC2)cc1. The van der Waals surface area contributed by atoms with E-state index in [1.54, 1.807) is 6.92 Å². The molecule has 3 rings (SSSR count). The second kappa shape index (κ2) is 6.62. The molecule has 1 unspecified atom stereocenters. The minimum atomic E-state index is -0.462. The minimum absolute atomic E-state index is 0.00759. The predicted octanol–water partition coefficient (Wildman–Crippen LogP) is 2.46. The van der Waals surface area contributed by atoms with Crippen LogP contribution in [-0.2, 0) is 4.79 Å². The highest BCUT2D eigenvalue weighted by Crippen LogP contribution is 2.20. The second-order valence-corrected chi connectivity index (χ2v) is 6.52. The number of nitrogens with zero attached hydrogens (tertiary/aromatic N) is 4. The van der Waals surface area contributed by atoms with Crippen molar-refractivity contribution in [2.24, 2.45) is 0 Å². The normalized spacial score (nSPS) is 16.5. The zero-order valence-corrected chi connectivity index (χ0v) is 14.2. The average molecular weight is 333 g/mol. The number of carbonyl (C=O) groups excluding carboxylic acids is 1. The third kappa shape index (κ3) is 3.34. The van der Waals surface area contributed by atoms with Crippen molar-refractivity contribution >= 4 is 23.5 Å². The van der Waals surface area contributed by atoms with E-state index in [9.17, 15) is 4.79 Å². The molecule has 1 amide bonds. The lowest BCUT2D eigenvalue weighted by atomic mass is 10.2. The summed E-state index contributed by atoms with van der Waals surface area (Å²) in [6, 6.07) is 8.38. The zero-order valence-electron chi connectivity index (χ0n) is 13.4. The minimum Gasteiger partial charge on any atom is -0.338 e. The van der Waals surface area contributed by atoms with E-state index < -0.39 is 5.38 Å². The Hall–Kier alpha value is -2.01. The molecule has 122 valence electrons. The number of aromatic nitrogens is 2. The molecular formula is C17H21ClN4O. The van der Waals surface area contributed by atoms with Gasteiger partial charge in [-0.2, -0.15) is 0 Å². The molecule has 1 aromatic carbocycles. The topological polar surface area (TPSA) is 41.4 Å². The number of aryl methyl sites for hydroxylation is 1. The highest BCUT2D eigenvalue weighted by Gasteiger charge is 2.25. The lowest BCUT2D eigenvalue weighted by Crippen LogP contribution is -2.51. The lowest BCUT2D eigenvalue weighted by Gasteiger charge is -2.36. The Kier molecular flexibility index (Phi) is 4.57. The van der Waals surface area contributed by atoms with Crippen molar-refractivity contribution < 1.29 is 4.79 Å². The number of hydrogen-bond donors (Lipinski definition) is 0. The number of anilines is 1. The van der Waals surface area contributed by atoms with Gasteiger partial charge >= 0.3 is 0 Å². The fraction of sp³-hybridized carbons (Fsp3) is 0.412. The first-order valence-electron chi connectivity index (χ1n) is 7.84. The smallest absolute Gasteiger partial charge is 0.240 e. The van der Waals surface area contributed by atoms with Crippen LogP contribution in [0.25, 0.3) is 5.69 Å². The number of benzene rings is 1. The van der Waals surface area contributed by atoms with Crippen LogP contribution in [0.3, 0.4) is 0 Å². The van der Waals surface area contributed by atoms with Gasteiger partial charge in [-0.1, -0.05) is 17.7 Å². The summed E-state index contributed by atoms with van der Waals surface area (Å²) in [4.78, 5) is 20.5. The van der Waals surface area contributed by atoms with Crippen molar-refractivity contribution in [3.63, 3.8) is 0 Å². The Labute approximate surface area is 141 Å². The highest BCUT2D eigenvalue weighted by atomic mass is 35.5. The standard InChI is InChI=1S/C17H21ClN4O/c1-13-3-5-15(6-4-13)22-8-7-19-17(22)21-11-9-20(10-12-21)16(23)14(2)18/h3-8,14H,9-12H2,1-2H3. The quantitative estimate of drug-likeness (QED) is 0.811. The molecule has 0 aliphatic carbocycles. The Balaban J connectivity index is 1.74. The van der Waals surface area contributed by atoms with Gasteiger partial charge in [0.1, 0.15) is 5.38 Å². The third-order valence-corrected chi connectivity index (χ3v) is 4.33. The van der Waals surface area contributed by atoms with Gasteiger partial charge in [-0.15, -0.1) is 11.6 Å². The molecule has 1 saturated heterocycles. The summed E-state index contributed by atoms with van der Waals surface area (Å²) in [6.07, 6.45) is 3.78. The number of piperazine rings is 1. The van der Waals surface area contributed by atoms with Crippen LogP contribution in [0.15, 0.2) is 36.7 Å². The molecule has 6 heteroatoms. The van der Waals surface area contributed by atoms with E-state index in [1.807, 2.05) is 17.3 Å². The van der Waals surface area contributed by atoms with E-state index in [4.69, 9.17) is 11.6 Å². The second-order valence-electron chi connectivity index (χ2n) is 5.86. The molecule has 0 bridgehead atoms. The van der Waals surface area contributed by atoms with Gasteiger partial charge in [-0.25, -0.2) is 4.98 Å². The first-order valence-corrected chi connectivity index (χ1v) is 8.28. The molecule has 5 nitrogen and oxygen atoms in total. The summed E-state index contributed by atoms with van der Waals surface area (Å²) in [5, 5.41) is -0.462. The molecule has 1 aliphatic rings. The number of carbonyl (C=O) groups is 1. The van der Waals surface area contributed by atoms with Gasteiger partial charge in [0, 0.05) is 44.3 Å². The van der Waals surface area contributed by atoms with E-state index in [0.29, 0.717) is 13.1 Å². The number of amides is 1. The average Bonchev–Trinajstić information content (AvgIpc) is 3.04. The zero-order chi connectivity index (χ0) is 16.4. The highest BCUT2D eigenvalue weighted by molar-refractivity contribution is 6.30. The van der Waals surface area contributed by atoms with Gasteiger partial charge in [0.05, 0.1) is 0 Å². The van der Waals surface area contributed by atoms with E-state index in [1.165, 1.54) is 5.56 Å². The fourth-order valence-corrected chi connectivity index (χ4v) is 2.95. The fourth-order valence-electron chi connectivity index (χ4n) is 2.81. The van der Waals surface area contributed by atoms with Gasteiger partial charge < -0.3 is 9.80 Å². The maximum atomic E-state index is 12.0. The van der Waals surface area contributed by atoms with Crippen LogP contribution in [0.4, 0.5) is 5.95 Å². The molecule has 23 heavy (non-hydrogen) atoms. The molecule has 1 aromatic heterocycles. The van der Waals surface area contributed by atoms with E-state index in [2.05, 4.69) is 45.6 Å². The van der Waals surface area contributed by atoms with E-state index in [0.717, 1.165) is 24.7 Å². The number of hydrogen-bond acceptors (Lipinski definition) is 3. The van der Waals surface area contributed by atoms with Gasteiger partial charge in [-0.3, -0.25) is 9.36 Å². The molecular weight excluding hydrogens is 312 g/mol. The molecule has 1 fully saturated rings. The van der Waals surface area contributed by atoms with Gasteiger partial charge in [0.2, 0.25) is 11.9 Å². The summed E-state index contributed by atoms with van der Waals surface area (Å²) >= 11 is 5.89. The molecule has 1 aliphatic heterocycles. The maximum absolute atomic E-state index is 12.0. The molecule has 2 heterocycles. The van der Waals surface area contributed by atoms with Crippen LogP contribution >= 0.6 is 11.6 Å². The summed E-state index contributed by atoms with van der Waals surface area (Å²) in [5.74, 6) is 0.924. The summed E-state index contributed by atoms with van der Waals surface area (Å²) in [7, 11) is 0. The monoisotopic (exact) mass is 332 g/mol. The number of alkyl halides is 1. The van der Waals surface area contributed by atoms with Crippen LogP contribution in [0.5, 0.6) is 0 Å². The molecule has 0 saturated carbocycles. The molecule has 0 spiro atoms. The van der Waals surface area contributed by atoms with E-state index in [-0.39, 0.29) is 5.91 Å². The van der Waals surface area contributed by atoms with Crippen LogP contribution in [0.1, 0.15) is 12.5 Å². The van der Waals surface area contributed by atoms with Crippen LogP contribution in [-0.4, -0.2) is 51.9 Å². The summed E-state index contributed by atoms with van der Waals surface area (Å²) in [6.45, 7) is 6.68. The van der Waals surface area contributed by atoms with Crippen LogP contribution in [0, 0.1) is 6.92 Å². The van der Waals surface area contributed by atoms with Crippen molar-refractivity contribution in [2.75, 3.05) is 31.1 Å². The first-order chi connectivity index (χ1) is 11.1. The largest absolute Gasteiger partial charge is 0.338 e. The number of halogens is 1. The van der Waals surface area contributed by atoms with Crippen molar-refractivity contribution in [1.82, 2.24) is 14.5 Å². The Morgan fingerprint density at radius 2 is 1.83 bits per heavy atom. The number of rotatable bonds is 3. The molecule has 2 aromatic rings. The lowest BCUT2D eigenvalue weighted by molar-refractivity contribution is -0.130. The molecule has 0 radical (unpaired) electrons. The van der Waals surface area contributed by atoms with Gasteiger partial charge in [-0.05, 0) is 26.0 Å². The van der Waals surface area contributed by atoms with Crippen molar-refractivity contribution in [2.45, 2.75) is 19.2 Å². The van der Waals surface area contributed by atoms with Crippen molar-refractivity contribution in [1.29, 1.82) is 0 Å².